The fourth-order valence-corrected chi connectivity index (χ4v) is 2.42. The number of hydrogen-bond acceptors (Lipinski definition) is 4. The molecule has 22 heavy (non-hydrogen) atoms. The highest BCUT2D eigenvalue weighted by molar-refractivity contribution is 7.49. The zero-order valence-corrected chi connectivity index (χ0v) is 14.9. The Bertz CT molecular complexity index is 414. The smallest absolute Gasteiger partial charge is 0.193 e. The van der Waals surface area contributed by atoms with Crippen molar-refractivity contribution >= 4 is 16.2 Å². The molecule has 0 aliphatic rings. The second kappa shape index (κ2) is 12.8. The van der Waals surface area contributed by atoms with Crippen LogP contribution < -0.4 is 0 Å². The quantitative estimate of drug-likeness (QED) is 0.589. The molecule has 1 N–H and O–H groups in total. The van der Waals surface area contributed by atoms with Crippen molar-refractivity contribution in [2.24, 2.45) is 0 Å². The zero-order valence-electron chi connectivity index (χ0n) is 14.0. The monoisotopic (exact) mass is 324 g/mol. The Morgan fingerprint density at radius 1 is 1.18 bits per heavy atom. The largest absolute Gasteiger partial charge is 0.378 e. The van der Waals surface area contributed by atoms with Crippen LogP contribution in [0.25, 0.3) is 0 Å². The van der Waals surface area contributed by atoms with Gasteiger partial charge in [0, 0.05) is 27.8 Å². The van der Waals surface area contributed by atoms with Crippen LogP contribution in [0.1, 0.15) is 19.4 Å². The molecule has 0 saturated carbocycles. The molecule has 4 nitrogen and oxygen atoms in total. The molecule has 0 fully saturated rings. The van der Waals surface area contributed by atoms with Gasteiger partial charge in [0.15, 0.2) is 8.38 Å². The summed E-state index contributed by atoms with van der Waals surface area (Å²) in [6.07, 6.45) is -0.00723. The number of rotatable bonds is 8. The molecular formula is C16H26BO4P. The molecule has 0 amide bonds. The lowest BCUT2D eigenvalue weighted by Gasteiger charge is -2.26. The predicted molar refractivity (Wildman–Crippen MR) is 93.1 cm³/mol. The maximum Gasteiger partial charge on any atom is 0.193 e. The molecule has 1 rings (SSSR count). The maximum absolute atomic E-state index is 9.51. The third-order valence-electron chi connectivity index (χ3n) is 2.95. The Hall–Kier alpha value is -0.705. The molecule has 122 valence electrons. The zero-order chi connectivity index (χ0) is 17.0. The molecule has 6 heteroatoms. The first-order valence-electron chi connectivity index (χ1n) is 7.21. The van der Waals surface area contributed by atoms with Gasteiger partial charge in [-0.25, -0.2) is 0 Å². The molecule has 1 aromatic rings. The van der Waals surface area contributed by atoms with E-state index in [4.69, 9.17) is 21.8 Å². The Kier molecular flexibility index (Phi) is 12.4. The predicted octanol–water partition coefficient (Wildman–Crippen LogP) is 3.25. The van der Waals surface area contributed by atoms with Gasteiger partial charge in [-0.15, -0.1) is 0 Å². The second-order valence-electron chi connectivity index (χ2n) is 4.23. The van der Waals surface area contributed by atoms with Gasteiger partial charge in [-0.05, 0) is 11.4 Å². The first kappa shape index (κ1) is 21.3. The van der Waals surface area contributed by atoms with Crippen molar-refractivity contribution < 1.29 is 18.9 Å². The van der Waals surface area contributed by atoms with Crippen LogP contribution in [0.3, 0.4) is 0 Å². The summed E-state index contributed by atoms with van der Waals surface area (Å²) >= 11 is 0. The molecule has 0 saturated heterocycles. The van der Waals surface area contributed by atoms with Gasteiger partial charge in [0.05, 0.1) is 12.2 Å². The Labute approximate surface area is 136 Å². The summed E-state index contributed by atoms with van der Waals surface area (Å²) < 4.78 is 15.7. The fourth-order valence-electron chi connectivity index (χ4n) is 1.92. The van der Waals surface area contributed by atoms with Gasteiger partial charge in [0.2, 0.25) is 0 Å². The van der Waals surface area contributed by atoms with Gasteiger partial charge in [-0.2, -0.15) is 0 Å². The van der Waals surface area contributed by atoms with E-state index in [-0.39, 0.29) is 6.10 Å². The molecule has 0 heterocycles. The second-order valence-corrected chi connectivity index (χ2v) is 5.46. The van der Waals surface area contributed by atoms with Crippen LogP contribution in [0, 0.1) is 0 Å². The first-order chi connectivity index (χ1) is 10.6. The molecule has 0 aromatic heterocycles. The van der Waals surface area contributed by atoms with Crippen molar-refractivity contribution in [2.45, 2.75) is 32.5 Å². The minimum absolute atomic E-state index is 0.237. The van der Waals surface area contributed by atoms with E-state index in [0.29, 0.717) is 11.9 Å². The van der Waals surface area contributed by atoms with E-state index in [2.05, 4.69) is 0 Å². The average Bonchev–Trinajstić information content (AvgIpc) is 2.57. The summed E-state index contributed by atoms with van der Waals surface area (Å²) in [4.78, 5) is 9.51. The van der Waals surface area contributed by atoms with Gasteiger partial charge < -0.3 is 18.9 Å². The highest BCUT2D eigenvalue weighted by Crippen LogP contribution is 2.34. The molecule has 0 spiro atoms. The van der Waals surface area contributed by atoms with Crippen molar-refractivity contribution in [3.05, 3.63) is 47.2 Å². The molecule has 0 aliphatic heterocycles. The lowest BCUT2D eigenvalue weighted by Crippen LogP contribution is -2.33. The lowest BCUT2D eigenvalue weighted by molar-refractivity contribution is -0.0129. The average molecular weight is 324 g/mol. The minimum Gasteiger partial charge on any atom is -0.378 e. The van der Waals surface area contributed by atoms with Crippen molar-refractivity contribution in [3.63, 3.8) is 0 Å². The maximum atomic E-state index is 9.51. The van der Waals surface area contributed by atoms with Gasteiger partial charge in [0.1, 0.15) is 7.85 Å². The third-order valence-corrected chi connectivity index (χ3v) is 3.84. The van der Waals surface area contributed by atoms with E-state index in [0.717, 1.165) is 5.56 Å². The van der Waals surface area contributed by atoms with Gasteiger partial charge >= 0.3 is 0 Å². The van der Waals surface area contributed by atoms with E-state index in [1.54, 1.807) is 14.2 Å². The SMILES string of the molecule is CC.[B]/C(=C\P(O)OC)C(OC)[C@H](Cc1ccccc1)OC. The number of ether oxygens (including phenoxy) is 2. The fraction of sp³-hybridized carbons (Fsp3) is 0.500. The Morgan fingerprint density at radius 2 is 1.77 bits per heavy atom. The molecule has 3 atom stereocenters. The van der Waals surface area contributed by atoms with Crippen molar-refractivity contribution in [2.75, 3.05) is 21.3 Å². The molecule has 0 aliphatic carbocycles. The van der Waals surface area contributed by atoms with Crippen molar-refractivity contribution in [3.8, 4) is 0 Å². The Balaban J connectivity index is 0.00000211. The highest BCUT2D eigenvalue weighted by Gasteiger charge is 2.23. The van der Waals surface area contributed by atoms with Crippen LogP contribution in [0.5, 0.6) is 0 Å². The van der Waals surface area contributed by atoms with E-state index in [1.807, 2.05) is 44.2 Å². The van der Waals surface area contributed by atoms with E-state index in [9.17, 15) is 4.89 Å². The van der Waals surface area contributed by atoms with Crippen LogP contribution in [0.4, 0.5) is 0 Å². The van der Waals surface area contributed by atoms with Gasteiger partial charge in [-0.1, -0.05) is 49.7 Å². The van der Waals surface area contributed by atoms with Gasteiger partial charge in [-0.3, -0.25) is 0 Å². The van der Waals surface area contributed by atoms with Crippen LogP contribution in [-0.2, 0) is 20.4 Å². The normalized spacial score (nSPS) is 15.5. The topological polar surface area (TPSA) is 47.9 Å². The summed E-state index contributed by atoms with van der Waals surface area (Å²) in [5.41, 5.74) is 1.54. The molecular weight excluding hydrogens is 298 g/mol. The van der Waals surface area contributed by atoms with Crippen LogP contribution in [0.15, 0.2) is 41.6 Å². The highest BCUT2D eigenvalue weighted by atomic mass is 31.2. The summed E-state index contributed by atoms with van der Waals surface area (Å²) in [5, 5.41) is 0. The molecule has 1 aromatic carbocycles. The van der Waals surface area contributed by atoms with Crippen LogP contribution >= 0.6 is 8.38 Å². The lowest BCUT2D eigenvalue weighted by atomic mass is 9.87. The first-order valence-corrected chi connectivity index (χ1v) is 8.49. The van der Waals surface area contributed by atoms with E-state index in [1.165, 1.54) is 12.9 Å². The Morgan fingerprint density at radius 3 is 2.23 bits per heavy atom. The summed E-state index contributed by atoms with van der Waals surface area (Å²) in [6.45, 7) is 4.00. The summed E-state index contributed by atoms with van der Waals surface area (Å²) in [5.74, 6) is 1.47. The van der Waals surface area contributed by atoms with Crippen LogP contribution in [0.2, 0.25) is 0 Å². The minimum atomic E-state index is -1.67. The molecule has 2 radical (unpaired) electrons. The molecule has 2 unspecified atom stereocenters. The summed E-state index contributed by atoms with van der Waals surface area (Å²) in [7, 11) is 8.91. The number of methoxy groups -OCH3 is 2. The van der Waals surface area contributed by atoms with Crippen molar-refractivity contribution in [1.29, 1.82) is 0 Å². The molecule has 0 bridgehead atoms. The standard InChI is InChI=1S/C14H20BO4P.C2H6/c1-17-13(9-11-7-5-4-6-8-11)14(18-2)12(15)10-20(16)19-3;1-2/h4-8,10,13-14,16H,9H2,1-3H3;1-2H3/b12-10-;/t13-,14?,20?;/m0./s1. The third kappa shape index (κ3) is 7.53. The van der Waals surface area contributed by atoms with Gasteiger partial charge in [0.25, 0.3) is 0 Å². The summed E-state index contributed by atoms with van der Waals surface area (Å²) in [6, 6.07) is 9.95. The number of benzene rings is 1. The number of hydrogen-bond donors (Lipinski definition) is 1. The van der Waals surface area contributed by atoms with E-state index >= 15 is 0 Å². The van der Waals surface area contributed by atoms with Crippen molar-refractivity contribution in [1.82, 2.24) is 0 Å². The van der Waals surface area contributed by atoms with Crippen LogP contribution in [-0.4, -0.2) is 46.3 Å². The van der Waals surface area contributed by atoms with E-state index < -0.39 is 14.5 Å².